The Hall–Kier alpha value is -1.79. The molecule has 0 aliphatic carbocycles. The highest BCUT2D eigenvalue weighted by Gasteiger charge is 2.30. The van der Waals surface area contributed by atoms with Gasteiger partial charge in [-0.25, -0.2) is 9.97 Å². The maximum atomic E-state index is 12.5. The van der Waals surface area contributed by atoms with Gasteiger partial charge in [-0.2, -0.15) is 0 Å². The SMILES string of the molecule is Cc1ccsc1C(=O)N1CC[C@H](N(C)Cc2ncccn2)C1. The van der Waals surface area contributed by atoms with E-state index in [9.17, 15) is 4.79 Å². The number of nitrogens with zero attached hydrogens (tertiary/aromatic N) is 4. The Morgan fingerprint density at radius 3 is 2.91 bits per heavy atom. The van der Waals surface area contributed by atoms with E-state index in [1.54, 1.807) is 12.4 Å². The van der Waals surface area contributed by atoms with Crippen molar-refractivity contribution in [3.05, 3.63) is 46.2 Å². The molecule has 6 heteroatoms. The van der Waals surface area contributed by atoms with Gasteiger partial charge in [-0.3, -0.25) is 9.69 Å². The van der Waals surface area contributed by atoms with Crippen molar-refractivity contribution in [1.29, 1.82) is 0 Å². The number of carbonyl (C=O) groups is 1. The lowest BCUT2D eigenvalue weighted by Gasteiger charge is -2.23. The summed E-state index contributed by atoms with van der Waals surface area (Å²) >= 11 is 1.53. The number of likely N-dealkylation sites (tertiary alicyclic amines) is 1. The lowest BCUT2D eigenvalue weighted by Crippen LogP contribution is -2.36. The molecule has 2 aromatic rings. The van der Waals surface area contributed by atoms with Crippen molar-refractivity contribution in [2.75, 3.05) is 20.1 Å². The van der Waals surface area contributed by atoms with E-state index in [0.717, 1.165) is 35.8 Å². The van der Waals surface area contributed by atoms with Gasteiger partial charge in [-0.1, -0.05) is 0 Å². The fourth-order valence-electron chi connectivity index (χ4n) is 2.79. The minimum absolute atomic E-state index is 0.166. The molecule has 3 rings (SSSR count). The summed E-state index contributed by atoms with van der Waals surface area (Å²) in [6, 6.07) is 4.20. The monoisotopic (exact) mass is 316 g/mol. The normalized spacial score (nSPS) is 18.1. The zero-order valence-electron chi connectivity index (χ0n) is 12.9. The predicted octanol–water partition coefficient (Wildman–Crippen LogP) is 2.19. The number of hydrogen-bond donors (Lipinski definition) is 0. The molecule has 0 bridgehead atoms. The van der Waals surface area contributed by atoms with Gasteiger partial charge < -0.3 is 4.90 Å². The van der Waals surface area contributed by atoms with Crippen molar-refractivity contribution in [3.8, 4) is 0 Å². The largest absolute Gasteiger partial charge is 0.336 e. The number of hydrogen-bond acceptors (Lipinski definition) is 5. The first-order chi connectivity index (χ1) is 10.6. The summed E-state index contributed by atoms with van der Waals surface area (Å²) in [5, 5.41) is 1.98. The van der Waals surface area contributed by atoms with Crippen LogP contribution in [0.25, 0.3) is 0 Å². The highest BCUT2D eigenvalue weighted by atomic mass is 32.1. The molecular weight excluding hydrogens is 296 g/mol. The van der Waals surface area contributed by atoms with Crippen LogP contribution < -0.4 is 0 Å². The molecule has 0 unspecified atom stereocenters. The Bertz CT molecular complexity index is 643. The fourth-order valence-corrected chi connectivity index (χ4v) is 3.68. The van der Waals surface area contributed by atoms with Gasteiger partial charge in [0.25, 0.3) is 5.91 Å². The Balaban J connectivity index is 1.60. The first-order valence-electron chi connectivity index (χ1n) is 7.44. The zero-order valence-corrected chi connectivity index (χ0v) is 13.7. The summed E-state index contributed by atoms with van der Waals surface area (Å²) in [6.07, 6.45) is 4.53. The number of aromatic nitrogens is 2. The number of carbonyl (C=O) groups excluding carboxylic acids is 1. The van der Waals surface area contributed by atoms with Crippen LogP contribution in [-0.2, 0) is 6.54 Å². The fraction of sp³-hybridized carbons (Fsp3) is 0.438. The molecule has 1 aliphatic rings. The highest BCUT2D eigenvalue weighted by molar-refractivity contribution is 7.12. The molecule has 0 aromatic carbocycles. The minimum Gasteiger partial charge on any atom is -0.336 e. The Morgan fingerprint density at radius 2 is 2.23 bits per heavy atom. The van der Waals surface area contributed by atoms with E-state index in [-0.39, 0.29) is 5.91 Å². The van der Waals surface area contributed by atoms with Crippen molar-refractivity contribution in [3.63, 3.8) is 0 Å². The summed E-state index contributed by atoms with van der Waals surface area (Å²) in [5.41, 5.74) is 1.07. The Morgan fingerprint density at radius 1 is 1.45 bits per heavy atom. The van der Waals surface area contributed by atoms with Gasteiger partial charge in [0.2, 0.25) is 0 Å². The molecule has 0 N–H and O–H groups in total. The van der Waals surface area contributed by atoms with Crippen LogP contribution in [-0.4, -0.2) is 51.9 Å². The first-order valence-corrected chi connectivity index (χ1v) is 8.32. The molecule has 1 amide bonds. The summed E-state index contributed by atoms with van der Waals surface area (Å²) in [4.78, 5) is 26.2. The molecule has 0 spiro atoms. The van der Waals surface area contributed by atoms with Crippen LogP contribution in [0.4, 0.5) is 0 Å². The third-order valence-electron chi connectivity index (χ3n) is 4.14. The summed E-state index contributed by atoms with van der Waals surface area (Å²) in [6.45, 7) is 4.31. The zero-order chi connectivity index (χ0) is 15.5. The lowest BCUT2D eigenvalue weighted by molar-refractivity contribution is 0.0783. The van der Waals surface area contributed by atoms with Crippen LogP contribution in [0.3, 0.4) is 0 Å². The maximum Gasteiger partial charge on any atom is 0.264 e. The topological polar surface area (TPSA) is 49.3 Å². The summed E-state index contributed by atoms with van der Waals surface area (Å²) in [7, 11) is 2.07. The predicted molar refractivity (Wildman–Crippen MR) is 86.9 cm³/mol. The average Bonchev–Trinajstić information content (AvgIpc) is 3.16. The number of aryl methyl sites for hydroxylation is 1. The molecule has 3 heterocycles. The second kappa shape index (κ2) is 6.54. The highest BCUT2D eigenvalue weighted by Crippen LogP contribution is 2.22. The van der Waals surface area contributed by atoms with E-state index >= 15 is 0 Å². The van der Waals surface area contributed by atoms with Gasteiger partial charge in [-0.15, -0.1) is 11.3 Å². The molecule has 2 aromatic heterocycles. The van der Waals surface area contributed by atoms with Crippen LogP contribution in [0.5, 0.6) is 0 Å². The van der Waals surface area contributed by atoms with Crippen LogP contribution in [0.1, 0.15) is 27.5 Å². The quantitative estimate of drug-likeness (QED) is 0.867. The lowest BCUT2D eigenvalue weighted by atomic mass is 10.2. The number of likely N-dealkylation sites (N-methyl/N-ethyl adjacent to an activating group) is 1. The molecule has 22 heavy (non-hydrogen) atoms. The van der Waals surface area contributed by atoms with Gasteiger partial charge in [0.15, 0.2) is 0 Å². The van der Waals surface area contributed by atoms with E-state index < -0.39 is 0 Å². The maximum absolute atomic E-state index is 12.5. The molecular formula is C16H20N4OS. The first kappa shape index (κ1) is 15.1. The number of amides is 1. The van der Waals surface area contributed by atoms with E-state index in [4.69, 9.17) is 0 Å². The van der Waals surface area contributed by atoms with Crippen molar-refractivity contribution >= 4 is 17.2 Å². The van der Waals surface area contributed by atoms with Gasteiger partial charge >= 0.3 is 0 Å². The molecule has 5 nitrogen and oxygen atoms in total. The minimum atomic E-state index is 0.166. The summed E-state index contributed by atoms with van der Waals surface area (Å²) in [5.74, 6) is 0.989. The van der Waals surface area contributed by atoms with E-state index in [2.05, 4.69) is 21.9 Å². The molecule has 1 atom stereocenters. The molecule has 1 aliphatic heterocycles. The number of rotatable bonds is 4. The van der Waals surface area contributed by atoms with Crippen LogP contribution in [0, 0.1) is 6.92 Å². The van der Waals surface area contributed by atoms with E-state index in [0.29, 0.717) is 12.6 Å². The van der Waals surface area contributed by atoms with Crippen molar-refractivity contribution in [2.24, 2.45) is 0 Å². The van der Waals surface area contributed by atoms with Gasteiger partial charge in [0, 0.05) is 31.5 Å². The van der Waals surface area contributed by atoms with E-state index in [1.165, 1.54) is 11.3 Å². The standard InChI is InChI=1S/C16H20N4OS/c1-12-5-9-22-15(12)16(21)20-8-4-13(10-20)19(2)11-14-17-6-3-7-18-14/h3,5-7,9,13H,4,8,10-11H2,1-2H3/t13-/m0/s1. The van der Waals surface area contributed by atoms with Crippen molar-refractivity contribution < 1.29 is 4.79 Å². The molecule has 1 saturated heterocycles. The second-order valence-corrected chi connectivity index (χ2v) is 6.62. The molecule has 116 valence electrons. The van der Waals surface area contributed by atoms with Crippen molar-refractivity contribution in [1.82, 2.24) is 19.8 Å². The van der Waals surface area contributed by atoms with Crippen molar-refractivity contribution in [2.45, 2.75) is 25.9 Å². The third-order valence-corrected chi connectivity index (χ3v) is 5.14. The van der Waals surface area contributed by atoms with Gasteiger partial charge in [-0.05, 0) is 43.5 Å². The third kappa shape index (κ3) is 3.18. The Kier molecular flexibility index (Phi) is 4.49. The van der Waals surface area contributed by atoms with Gasteiger partial charge in [0.1, 0.15) is 5.82 Å². The smallest absolute Gasteiger partial charge is 0.264 e. The number of thiophene rings is 1. The summed E-state index contributed by atoms with van der Waals surface area (Å²) < 4.78 is 0. The average molecular weight is 316 g/mol. The Labute approximate surface area is 134 Å². The van der Waals surface area contributed by atoms with Crippen LogP contribution in [0.15, 0.2) is 29.9 Å². The van der Waals surface area contributed by atoms with Crippen LogP contribution in [0.2, 0.25) is 0 Å². The second-order valence-electron chi connectivity index (χ2n) is 5.71. The van der Waals surface area contributed by atoms with Crippen LogP contribution >= 0.6 is 11.3 Å². The molecule has 1 fully saturated rings. The van der Waals surface area contributed by atoms with E-state index in [1.807, 2.05) is 29.3 Å². The molecule has 0 radical (unpaired) electrons. The molecule has 0 saturated carbocycles. The van der Waals surface area contributed by atoms with Gasteiger partial charge in [0.05, 0.1) is 11.4 Å².